The summed E-state index contributed by atoms with van der Waals surface area (Å²) in [6.07, 6.45) is 7.03. The third-order valence-electron chi connectivity index (χ3n) is 9.98. The average Bonchev–Trinajstić information content (AvgIpc) is 3.70. The van der Waals surface area contributed by atoms with Crippen molar-refractivity contribution in [3.8, 4) is 0 Å². The topological polar surface area (TPSA) is 125 Å². The number of aliphatic hydroxyl groups is 1. The van der Waals surface area contributed by atoms with E-state index in [0.29, 0.717) is 12.1 Å². The predicted octanol–water partition coefficient (Wildman–Crippen LogP) is 3.55. The molecule has 10 nitrogen and oxygen atoms in total. The smallest absolute Gasteiger partial charge is 0.306 e. The minimum Gasteiger partial charge on any atom is -0.463 e. The lowest BCUT2D eigenvalue weighted by Crippen LogP contribution is -2.59. The normalized spacial score (nSPS) is 30.8. The Morgan fingerprint density at radius 3 is 2.51 bits per heavy atom. The number of hydrogen-bond donors (Lipinski definition) is 2. The Morgan fingerprint density at radius 1 is 1.02 bits per heavy atom. The molecule has 2 aromatic rings. The Balaban J connectivity index is 1.48. The van der Waals surface area contributed by atoms with Gasteiger partial charge in [0.05, 0.1) is 36.6 Å². The minimum atomic E-state index is -1.41. The first-order valence-electron chi connectivity index (χ1n) is 16.4. The van der Waals surface area contributed by atoms with Crippen molar-refractivity contribution in [1.82, 2.24) is 10.2 Å². The lowest BCUT2D eigenvalue weighted by molar-refractivity contribution is -0.147. The van der Waals surface area contributed by atoms with Crippen LogP contribution in [0.25, 0.3) is 0 Å². The molecule has 4 aliphatic heterocycles. The molecule has 4 aliphatic rings. The van der Waals surface area contributed by atoms with Gasteiger partial charge in [-0.2, -0.15) is 0 Å². The molecule has 1 spiro atoms. The fraction of sp³-hybridized carbons (Fsp3) is 0.459. The van der Waals surface area contributed by atoms with Crippen LogP contribution < -0.4 is 10.2 Å². The Bertz CT molecular complexity index is 1600. The van der Waals surface area contributed by atoms with Crippen LogP contribution in [0, 0.1) is 31.6 Å². The number of hydrogen-bond acceptors (Lipinski definition) is 7. The predicted molar refractivity (Wildman–Crippen MR) is 175 cm³/mol. The van der Waals surface area contributed by atoms with Crippen LogP contribution in [-0.4, -0.2) is 77.2 Å². The van der Waals surface area contributed by atoms with E-state index in [-0.39, 0.29) is 38.0 Å². The SMILES string of the molecule is Cc1ccc(C)c(N2C/C=C\CCC(=O)OC[C@@H](c3ccccc3)NC(=O)[C@@H]3[C@@H]4C=C[C@]5(O4)[C@H](C2=O)N([C@@H](CO)C(C)C)C(=O)[C@@H]35)c1. The van der Waals surface area contributed by atoms with Crippen LogP contribution in [0.4, 0.5) is 5.69 Å². The third kappa shape index (κ3) is 5.78. The fourth-order valence-electron chi connectivity index (χ4n) is 7.55. The Morgan fingerprint density at radius 2 is 1.79 bits per heavy atom. The maximum atomic E-state index is 15.1. The van der Waals surface area contributed by atoms with Crippen molar-refractivity contribution in [2.45, 2.75) is 70.4 Å². The first kappa shape index (κ1) is 32.7. The van der Waals surface area contributed by atoms with E-state index in [1.54, 1.807) is 17.1 Å². The monoisotopic (exact) mass is 641 g/mol. The number of allylic oxidation sites excluding steroid dienone is 1. The number of ether oxygens (including phenoxy) is 2. The molecule has 0 unspecified atom stereocenters. The molecule has 0 radical (unpaired) electrons. The van der Waals surface area contributed by atoms with Gasteiger partial charge in [-0.1, -0.05) is 80.6 Å². The van der Waals surface area contributed by atoms with Crippen molar-refractivity contribution in [3.63, 3.8) is 0 Å². The van der Waals surface area contributed by atoms with Crippen LogP contribution in [0.1, 0.15) is 49.4 Å². The summed E-state index contributed by atoms with van der Waals surface area (Å²) in [5.41, 5.74) is 1.85. The molecule has 2 fully saturated rings. The number of likely N-dealkylation sites (tertiary alicyclic amines) is 1. The van der Waals surface area contributed by atoms with Crippen LogP contribution in [0.15, 0.2) is 72.8 Å². The quantitative estimate of drug-likeness (QED) is 0.378. The molecular formula is C37H43N3O7. The highest BCUT2D eigenvalue weighted by Crippen LogP contribution is 2.56. The van der Waals surface area contributed by atoms with Crippen LogP contribution in [-0.2, 0) is 28.7 Å². The Labute approximate surface area is 275 Å². The first-order valence-corrected chi connectivity index (χ1v) is 16.4. The highest BCUT2D eigenvalue weighted by Gasteiger charge is 2.74. The van der Waals surface area contributed by atoms with Gasteiger partial charge in [-0.15, -0.1) is 0 Å². The van der Waals surface area contributed by atoms with Crippen LogP contribution >= 0.6 is 0 Å². The van der Waals surface area contributed by atoms with Gasteiger partial charge in [0, 0.05) is 18.7 Å². The number of nitrogens with one attached hydrogen (secondary N) is 1. The van der Waals surface area contributed by atoms with Gasteiger partial charge in [-0.3, -0.25) is 19.2 Å². The van der Waals surface area contributed by atoms with Gasteiger partial charge in [0.15, 0.2) is 0 Å². The van der Waals surface area contributed by atoms with Crippen molar-refractivity contribution >= 4 is 29.4 Å². The molecule has 0 aliphatic carbocycles. The van der Waals surface area contributed by atoms with E-state index in [0.717, 1.165) is 16.7 Å². The molecular weight excluding hydrogens is 598 g/mol. The lowest BCUT2D eigenvalue weighted by atomic mass is 9.74. The molecule has 0 saturated carbocycles. The molecule has 0 aromatic heterocycles. The number of carbonyl (C=O) groups excluding carboxylic acids is 4. The second-order valence-corrected chi connectivity index (χ2v) is 13.3. The number of benzene rings is 2. The summed E-state index contributed by atoms with van der Waals surface area (Å²) in [6.45, 7) is 7.41. The Kier molecular flexibility index (Phi) is 9.09. The van der Waals surface area contributed by atoms with E-state index in [9.17, 15) is 19.5 Å². The van der Waals surface area contributed by atoms with Crippen molar-refractivity contribution in [3.05, 3.63) is 89.5 Å². The van der Waals surface area contributed by atoms with Gasteiger partial charge in [0.1, 0.15) is 18.2 Å². The first-order chi connectivity index (χ1) is 22.6. The zero-order valence-electron chi connectivity index (χ0n) is 27.3. The fourth-order valence-corrected chi connectivity index (χ4v) is 7.55. The lowest BCUT2D eigenvalue weighted by Gasteiger charge is -2.40. The van der Waals surface area contributed by atoms with Crippen LogP contribution in [0.5, 0.6) is 0 Å². The van der Waals surface area contributed by atoms with Crippen molar-refractivity contribution in [2.24, 2.45) is 17.8 Å². The molecule has 4 heterocycles. The molecule has 47 heavy (non-hydrogen) atoms. The number of cyclic esters (lactones) is 1. The molecule has 6 rings (SSSR count). The van der Waals surface area contributed by atoms with Gasteiger partial charge < -0.3 is 29.7 Å². The number of amides is 3. The van der Waals surface area contributed by atoms with Gasteiger partial charge in [-0.25, -0.2) is 0 Å². The minimum absolute atomic E-state index is 0.0796. The number of esters is 1. The number of anilines is 1. The summed E-state index contributed by atoms with van der Waals surface area (Å²) in [6, 6.07) is 12.6. The standard InChI is InChI=1S/C37H43N3O7/c1-22(2)28(20-41)40-33-36(45)39(27-19-23(3)14-15-24(27)4)18-10-6-9-13-30(42)46-21-26(25-11-7-5-8-12-25)38-34(43)31-29-16-17-37(33,47-29)32(31)35(40)44/h5-8,10-12,14-17,19,22,26,28-29,31-33,41H,9,13,18,20-21H2,1-4H3,(H,38,43)/b10-6-/t26-,28-,29-,31+,32+,33-,37+/m0/s1. The van der Waals surface area contributed by atoms with E-state index in [1.165, 1.54) is 4.90 Å². The summed E-state index contributed by atoms with van der Waals surface area (Å²) >= 11 is 0. The summed E-state index contributed by atoms with van der Waals surface area (Å²) in [4.78, 5) is 59.9. The summed E-state index contributed by atoms with van der Waals surface area (Å²) in [5, 5.41) is 13.7. The number of carbonyl (C=O) groups is 4. The van der Waals surface area contributed by atoms with E-state index in [2.05, 4.69) is 5.32 Å². The number of aryl methyl sites for hydroxylation is 2. The maximum Gasteiger partial charge on any atom is 0.306 e. The Hall–Kier alpha value is -4.28. The summed E-state index contributed by atoms with van der Waals surface area (Å²) in [7, 11) is 0. The molecule has 7 atom stereocenters. The van der Waals surface area contributed by atoms with Gasteiger partial charge in [0.2, 0.25) is 11.8 Å². The maximum absolute atomic E-state index is 15.1. The molecule has 10 heteroatoms. The third-order valence-corrected chi connectivity index (χ3v) is 9.98. The number of rotatable bonds is 5. The second kappa shape index (κ2) is 13.1. The molecule has 248 valence electrons. The molecule has 2 aromatic carbocycles. The number of nitrogens with zero attached hydrogens (tertiary/aromatic N) is 2. The van der Waals surface area contributed by atoms with E-state index in [1.807, 2.05) is 88.4 Å². The number of fused-ring (bicyclic) bond motifs is 2. The average molecular weight is 642 g/mol. The summed E-state index contributed by atoms with van der Waals surface area (Å²) in [5.74, 6) is -3.72. The van der Waals surface area contributed by atoms with Crippen molar-refractivity contribution in [1.29, 1.82) is 0 Å². The van der Waals surface area contributed by atoms with E-state index < -0.39 is 59.5 Å². The van der Waals surface area contributed by atoms with Crippen LogP contribution in [0.3, 0.4) is 0 Å². The van der Waals surface area contributed by atoms with Gasteiger partial charge >= 0.3 is 5.97 Å². The van der Waals surface area contributed by atoms with Crippen molar-refractivity contribution < 1.29 is 33.8 Å². The largest absolute Gasteiger partial charge is 0.463 e. The highest BCUT2D eigenvalue weighted by molar-refractivity contribution is 6.06. The zero-order chi connectivity index (χ0) is 33.5. The molecule has 5 bridgehead atoms. The summed E-state index contributed by atoms with van der Waals surface area (Å²) < 4.78 is 12.2. The molecule has 2 saturated heterocycles. The molecule has 2 N–H and O–H groups in total. The van der Waals surface area contributed by atoms with E-state index >= 15 is 4.79 Å². The number of aliphatic hydroxyl groups excluding tert-OH is 1. The zero-order valence-corrected chi connectivity index (χ0v) is 27.3. The highest BCUT2D eigenvalue weighted by atomic mass is 16.5. The molecule has 3 amide bonds. The van der Waals surface area contributed by atoms with Crippen LogP contribution in [0.2, 0.25) is 0 Å². The van der Waals surface area contributed by atoms with E-state index in [4.69, 9.17) is 9.47 Å². The van der Waals surface area contributed by atoms with Gasteiger partial charge in [0.25, 0.3) is 5.91 Å². The van der Waals surface area contributed by atoms with Crippen molar-refractivity contribution in [2.75, 3.05) is 24.7 Å². The second-order valence-electron chi connectivity index (χ2n) is 13.3. The van der Waals surface area contributed by atoms with Gasteiger partial charge in [-0.05, 0) is 48.9 Å².